The summed E-state index contributed by atoms with van der Waals surface area (Å²) in [6, 6.07) is 16.6. The Morgan fingerprint density at radius 3 is 2.27 bits per heavy atom. The van der Waals surface area contributed by atoms with Gasteiger partial charge >= 0.3 is 0 Å². The minimum atomic E-state index is 0.168. The summed E-state index contributed by atoms with van der Waals surface area (Å²) in [6.07, 6.45) is 6.22. The number of carbonyl (C=O) groups is 1. The lowest BCUT2D eigenvalue weighted by molar-refractivity contribution is 0.108. The summed E-state index contributed by atoms with van der Waals surface area (Å²) in [5.41, 5.74) is 4.96. The van der Waals surface area contributed by atoms with Crippen molar-refractivity contribution < 1.29 is 4.79 Å². The minimum Gasteiger partial charge on any atom is -0.378 e. The van der Waals surface area contributed by atoms with Gasteiger partial charge in [0, 0.05) is 31.1 Å². The largest absolute Gasteiger partial charge is 0.378 e. The predicted molar refractivity (Wildman–Crippen MR) is 113 cm³/mol. The summed E-state index contributed by atoms with van der Waals surface area (Å²) < 4.78 is 0. The number of allylic oxidation sites excluding steroid dienone is 1. The first-order valence-electron chi connectivity index (χ1n) is 9.15. The van der Waals surface area contributed by atoms with Gasteiger partial charge in [-0.2, -0.15) is 0 Å². The average molecular weight is 366 g/mol. The Labute approximate surface area is 161 Å². The summed E-state index contributed by atoms with van der Waals surface area (Å²) in [7, 11) is 4.01. The van der Waals surface area contributed by atoms with E-state index in [0.29, 0.717) is 0 Å². The second-order valence-electron chi connectivity index (χ2n) is 7.47. The van der Waals surface area contributed by atoms with Crippen molar-refractivity contribution in [3.8, 4) is 0 Å². The van der Waals surface area contributed by atoms with Crippen LogP contribution in [-0.4, -0.2) is 25.0 Å². The molecule has 0 heterocycles. The molecule has 2 nitrogen and oxygen atoms in total. The molecule has 0 aliphatic heterocycles. The van der Waals surface area contributed by atoms with E-state index >= 15 is 0 Å². The van der Waals surface area contributed by atoms with Gasteiger partial charge in [-0.05, 0) is 66.5 Å². The first-order chi connectivity index (χ1) is 12.5. The lowest BCUT2D eigenvalue weighted by Gasteiger charge is -2.28. The number of carbonyl (C=O) groups excluding carboxylic acids is 1. The van der Waals surface area contributed by atoms with Gasteiger partial charge in [0.15, 0.2) is 0 Å². The molecule has 0 radical (unpaired) electrons. The maximum absolute atomic E-state index is 12.7. The summed E-state index contributed by atoms with van der Waals surface area (Å²) in [5.74, 6) is 0.865. The van der Waals surface area contributed by atoms with Crippen LogP contribution in [0.2, 0.25) is 0 Å². The molecule has 0 N–H and O–H groups in total. The third-order valence-electron chi connectivity index (χ3n) is 5.26. The van der Waals surface area contributed by atoms with Crippen molar-refractivity contribution in [2.24, 2.45) is 5.41 Å². The molecule has 1 aliphatic carbocycles. The molecule has 0 aromatic heterocycles. The molecule has 136 valence electrons. The van der Waals surface area contributed by atoms with Crippen molar-refractivity contribution in [3.05, 3.63) is 77.9 Å². The van der Waals surface area contributed by atoms with Crippen molar-refractivity contribution in [2.45, 2.75) is 25.7 Å². The van der Waals surface area contributed by atoms with Crippen molar-refractivity contribution >= 4 is 22.6 Å². The SMILES string of the molecule is C=CCCC1(CSC(=O)c2ccc(N(C)C)cc2)Cc2ccccc2C1. The van der Waals surface area contributed by atoms with E-state index < -0.39 is 0 Å². The van der Waals surface area contributed by atoms with Gasteiger partial charge in [0.25, 0.3) is 0 Å². The molecule has 0 unspecified atom stereocenters. The zero-order chi connectivity index (χ0) is 18.6. The number of anilines is 1. The maximum atomic E-state index is 12.7. The maximum Gasteiger partial charge on any atom is 0.219 e. The second-order valence-corrected chi connectivity index (χ2v) is 8.42. The molecular formula is C23H27NOS. The van der Waals surface area contributed by atoms with Crippen LogP contribution in [0.5, 0.6) is 0 Å². The van der Waals surface area contributed by atoms with Crippen LogP contribution in [0.15, 0.2) is 61.2 Å². The van der Waals surface area contributed by atoms with Crippen molar-refractivity contribution in [2.75, 3.05) is 24.7 Å². The molecule has 0 fully saturated rings. The molecule has 0 spiro atoms. The third kappa shape index (κ3) is 4.21. The van der Waals surface area contributed by atoms with Gasteiger partial charge in [-0.3, -0.25) is 4.79 Å². The van der Waals surface area contributed by atoms with Crippen molar-refractivity contribution in [1.82, 2.24) is 0 Å². The highest BCUT2D eigenvalue weighted by Gasteiger charge is 2.37. The molecule has 3 heteroatoms. The minimum absolute atomic E-state index is 0.168. The van der Waals surface area contributed by atoms with Crippen LogP contribution in [0, 0.1) is 5.41 Å². The smallest absolute Gasteiger partial charge is 0.219 e. The molecule has 0 saturated heterocycles. The van der Waals surface area contributed by atoms with E-state index in [0.717, 1.165) is 42.7 Å². The first kappa shape index (κ1) is 18.8. The zero-order valence-corrected chi connectivity index (χ0v) is 16.5. The van der Waals surface area contributed by atoms with Crippen LogP contribution in [0.25, 0.3) is 0 Å². The molecule has 0 saturated carbocycles. The number of hydrogen-bond acceptors (Lipinski definition) is 3. The van der Waals surface area contributed by atoms with Crippen LogP contribution in [0.3, 0.4) is 0 Å². The molecule has 2 aromatic rings. The molecule has 0 atom stereocenters. The highest BCUT2D eigenvalue weighted by Crippen LogP contribution is 2.43. The van der Waals surface area contributed by atoms with Crippen LogP contribution in [0.1, 0.15) is 34.3 Å². The highest BCUT2D eigenvalue weighted by molar-refractivity contribution is 8.14. The van der Waals surface area contributed by atoms with Crippen molar-refractivity contribution in [3.63, 3.8) is 0 Å². The number of nitrogens with zero attached hydrogens (tertiary/aromatic N) is 1. The average Bonchev–Trinajstić information content (AvgIpc) is 3.03. The quantitative estimate of drug-likeness (QED) is 0.615. The predicted octanol–water partition coefficient (Wildman–Crippen LogP) is 5.38. The lowest BCUT2D eigenvalue weighted by Crippen LogP contribution is -2.25. The Balaban J connectivity index is 1.68. The third-order valence-corrected chi connectivity index (χ3v) is 6.51. The van der Waals surface area contributed by atoms with Gasteiger partial charge in [-0.25, -0.2) is 0 Å². The van der Waals surface area contributed by atoms with E-state index in [1.54, 1.807) is 0 Å². The Bertz CT molecular complexity index is 754. The fourth-order valence-corrected chi connectivity index (χ4v) is 4.82. The fraction of sp³-hybridized carbons (Fsp3) is 0.348. The van der Waals surface area contributed by atoms with Gasteiger partial charge in [0.05, 0.1) is 0 Å². The van der Waals surface area contributed by atoms with Crippen LogP contribution >= 0.6 is 11.8 Å². The monoisotopic (exact) mass is 365 g/mol. The van der Waals surface area contributed by atoms with Gasteiger partial charge in [0.2, 0.25) is 5.12 Å². The van der Waals surface area contributed by atoms with Crippen LogP contribution in [-0.2, 0) is 12.8 Å². The Morgan fingerprint density at radius 2 is 1.73 bits per heavy atom. The molecular weight excluding hydrogens is 338 g/mol. The zero-order valence-electron chi connectivity index (χ0n) is 15.7. The van der Waals surface area contributed by atoms with Crippen LogP contribution < -0.4 is 4.90 Å². The summed E-state index contributed by atoms with van der Waals surface area (Å²) >= 11 is 1.47. The summed E-state index contributed by atoms with van der Waals surface area (Å²) in [6.45, 7) is 3.89. The summed E-state index contributed by atoms with van der Waals surface area (Å²) in [5, 5.41) is 0.171. The van der Waals surface area contributed by atoms with Crippen LogP contribution in [0.4, 0.5) is 5.69 Å². The normalized spacial score (nSPS) is 14.7. The molecule has 0 bridgehead atoms. The molecule has 1 aliphatic rings. The van der Waals surface area contributed by atoms with Gasteiger partial charge in [-0.15, -0.1) is 6.58 Å². The number of thioether (sulfide) groups is 1. The molecule has 26 heavy (non-hydrogen) atoms. The van der Waals surface area contributed by atoms with Gasteiger partial charge < -0.3 is 4.90 Å². The van der Waals surface area contributed by atoms with E-state index in [1.807, 2.05) is 49.3 Å². The van der Waals surface area contributed by atoms with E-state index in [-0.39, 0.29) is 10.5 Å². The fourth-order valence-electron chi connectivity index (χ4n) is 3.73. The Kier molecular flexibility index (Phi) is 5.87. The van der Waals surface area contributed by atoms with E-state index in [9.17, 15) is 4.79 Å². The van der Waals surface area contributed by atoms with Crippen molar-refractivity contribution in [1.29, 1.82) is 0 Å². The van der Waals surface area contributed by atoms with E-state index in [4.69, 9.17) is 0 Å². The Hall–Kier alpha value is -2.00. The lowest BCUT2D eigenvalue weighted by atomic mass is 9.82. The van der Waals surface area contributed by atoms with Gasteiger partial charge in [-0.1, -0.05) is 42.1 Å². The molecule has 2 aromatic carbocycles. The standard InChI is InChI=1S/C23H27NOS/c1-4-5-14-23(15-19-8-6-7-9-20(19)16-23)17-26-22(25)18-10-12-21(13-11-18)24(2)3/h4,6-13H,1,5,14-17H2,2-3H3. The molecule has 3 rings (SSSR count). The summed E-state index contributed by atoms with van der Waals surface area (Å²) in [4.78, 5) is 14.7. The highest BCUT2D eigenvalue weighted by atomic mass is 32.2. The topological polar surface area (TPSA) is 20.3 Å². The number of rotatable bonds is 7. The van der Waals surface area contributed by atoms with E-state index in [2.05, 4.69) is 30.8 Å². The number of benzene rings is 2. The second kappa shape index (κ2) is 8.13. The Morgan fingerprint density at radius 1 is 1.12 bits per heavy atom. The number of fused-ring (bicyclic) bond motifs is 1. The molecule has 0 amide bonds. The van der Waals surface area contributed by atoms with E-state index in [1.165, 1.54) is 22.9 Å². The number of hydrogen-bond donors (Lipinski definition) is 0. The first-order valence-corrected chi connectivity index (χ1v) is 10.1. The van der Waals surface area contributed by atoms with Gasteiger partial charge in [0.1, 0.15) is 0 Å².